The zero-order valence-electron chi connectivity index (χ0n) is 19.8. The highest BCUT2D eigenvalue weighted by Crippen LogP contribution is 2.46. The lowest BCUT2D eigenvalue weighted by atomic mass is 9.93. The standard InChI is InChI=1S/C25H29F3O6Si/c1-35(2,3)34-24(25(26,27)28,18-12-8-5-9-13-18)23(29)33-20-16-32-21-19(15-31-22(20)21)30-14-17-10-6-4-7-11-17/h4-13,19-22H,14-16H2,1-3H3/t19-,20-,21-,22-,24+/m1/s1. The molecule has 0 N–H and O–H groups in total. The van der Waals surface area contributed by atoms with Crippen molar-refractivity contribution >= 4 is 14.3 Å². The summed E-state index contributed by atoms with van der Waals surface area (Å²) in [6.07, 6.45) is -7.78. The molecule has 190 valence electrons. The Morgan fingerprint density at radius 3 is 2.03 bits per heavy atom. The maximum Gasteiger partial charge on any atom is 0.431 e. The number of rotatable bonds is 8. The Kier molecular flexibility index (Phi) is 7.40. The first kappa shape index (κ1) is 25.8. The number of hydrogen-bond acceptors (Lipinski definition) is 6. The van der Waals surface area contributed by atoms with Crippen LogP contribution in [0.25, 0.3) is 0 Å². The normalized spacial score (nSPS) is 26.2. The van der Waals surface area contributed by atoms with E-state index in [1.165, 1.54) is 24.3 Å². The van der Waals surface area contributed by atoms with Crippen LogP contribution in [0.1, 0.15) is 11.1 Å². The minimum absolute atomic E-state index is 0.0953. The third kappa shape index (κ3) is 5.46. The SMILES string of the molecule is C[Si](C)(C)O[C@](C(=O)O[C@@H]1CO[C@H]2[C@@H]1OC[C@H]2OCc1ccccc1)(c1ccccc1)C(F)(F)F. The number of halogens is 3. The first-order chi connectivity index (χ1) is 16.5. The van der Waals surface area contributed by atoms with Crippen LogP contribution in [-0.2, 0) is 40.4 Å². The summed E-state index contributed by atoms with van der Waals surface area (Å²) in [7, 11) is -2.89. The van der Waals surface area contributed by atoms with E-state index in [9.17, 15) is 18.0 Å². The highest BCUT2D eigenvalue weighted by molar-refractivity contribution is 6.70. The summed E-state index contributed by atoms with van der Waals surface area (Å²) in [6, 6.07) is 16.4. The number of ether oxygens (including phenoxy) is 4. The maximum absolute atomic E-state index is 14.6. The van der Waals surface area contributed by atoms with Crippen LogP contribution in [0.4, 0.5) is 13.2 Å². The van der Waals surface area contributed by atoms with Gasteiger partial charge in [-0.25, -0.2) is 4.79 Å². The molecule has 0 radical (unpaired) electrons. The van der Waals surface area contributed by atoms with Gasteiger partial charge in [0.25, 0.3) is 5.60 Å². The monoisotopic (exact) mass is 510 g/mol. The van der Waals surface area contributed by atoms with Crippen molar-refractivity contribution in [3.05, 3.63) is 71.8 Å². The van der Waals surface area contributed by atoms with Gasteiger partial charge in [-0.2, -0.15) is 13.2 Å². The Hall–Kier alpha value is -2.24. The molecule has 10 heteroatoms. The highest BCUT2D eigenvalue weighted by atomic mass is 28.4. The van der Waals surface area contributed by atoms with Gasteiger partial charge >= 0.3 is 12.1 Å². The molecule has 0 bridgehead atoms. The molecule has 0 amide bonds. The minimum atomic E-state index is -5.05. The molecular weight excluding hydrogens is 481 g/mol. The Bertz CT molecular complexity index is 998. The number of carbonyl (C=O) groups excluding carboxylic acids is 1. The van der Waals surface area contributed by atoms with Crippen molar-refractivity contribution in [1.82, 2.24) is 0 Å². The molecular formula is C25H29F3O6Si. The molecule has 0 aromatic heterocycles. The summed E-state index contributed by atoms with van der Waals surface area (Å²) >= 11 is 0. The van der Waals surface area contributed by atoms with Crippen LogP contribution in [0, 0.1) is 0 Å². The lowest BCUT2D eigenvalue weighted by molar-refractivity contribution is -0.264. The van der Waals surface area contributed by atoms with Crippen molar-refractivity contribution in [2.45, 2.75) is 62.4 Å². The van der Waals surface area contributed by atoms with Crippen LogP contribution in [0.3, 0.4) is 0 Å². The van der Waals surface area contributed by atoms with Crippen LogP contribution in [0.2, 0.25) is 19.6 Å². The second-order valence-corrected chi connectivity index (χ2v) is 14.1. The van der Waals surface area contributed by atoms with Crippen molar-refractivity contribution in [2.75, 3.05) is 13.2 Å². The number of fused-ring (bicyclic) bond motifs is 1. The fraction of sp³-hybridized carbons (Fsp3) is 0.480. The van der Waals surface area contributed by atoms with E-state index in [-0.39, 0.29) is 18.8 Å². The van der Waals surface area contributed by atoms with Crippen LogP contribution < -0.4 is 0 Å². The quantitative estimate of drug-likeness (QED) is 0.382. The number of alkyl halides is 3. The molecule has 4 rings (SSSR count). The predicted octanol–water partition coefficient (Wildman–Crippen LogP) is 4.59. The number of hydrogen-bond donors (Lipinski definition) is 0. The third-order valence-electron chi connectivity index (χ3n) is 5.85. The van der Waals surface area contributed by atoms with E-state index in [1.54, 1.807) is 25.7 Å². The Labute approximate surface area is 203 Å². The van der Waals surface area contributed by atoms with Crippen molar-refractivity contribution in [2.24, 2.45) is 0 Å². The van der Waals surface area contributed by atoms with Gasteiger partial charge in [-0.3, -0.25) is 0 Å². The maximum atomic E-state index is 14.6. The summed E-state index contributed by atoms with van der Waals surface area (Å²) in [5.41, 5.74) is -2.61. The van der Waals surface area contributed by atoms with E-state index in [0.717, 1.165) is 5.56 Å². The van der Waals surface area contributed by atoms with Gasteiger partial charge < -0.3 is 23.4 Å². The first-order valence-corrected chi connectivity index (χ1v) is 14.8. The van der Waals surface area contributed by atoms with E-state index >= 15 is 0 Å². The highest BCUT2D eigenvalue weighted by Gasteiger charge is 2.66. The zero-order valence-corrected chi connectivity index (χ0v) is 20.8. The Morgan fingerprint density at radius 1 is 0.914 bits per heavy atom. The number of carbonyl (C=O) groups is 1. The van der Waals surface area contributed by atoms with Crippen molar-refractivity contribution < 1.29 is 41.3 Å². The Morgan fingerprint density at radius 2 is 1.46 bits per heavy atom. The zero-order chi connectivity index (χ0) is 25.3. The lowest BCUT2D eigenvalue weighted by Crippen LogP contribution is -2.57. The summed E-state index contributed by atoms with van der Waals surface area (Å²) in [5, 5.41) is 0. The molecule has 6 nitrogen and oxygen atoms in total. The summed E-state index contributed by atoms with van der Waals surface area (Å²) in [6.45, 7) is 5.20. The molecule has 0 unspecified atom stereocenters. The first-order valence-electron chi connectivity index (χ1n) is 11.4. The van der Waals surface area contributed by atoms with Crippen LogP contribution in [-0.4, -0.2) is 58.1 Å². The Balaban J connectivity index is 1.52. The molecule has 5 atom stereocenters. The van der Waals surface area contributed by atoms with Gasteiger partial charge in [0.05, 0.1) is 19.8 Å². The van der Waals surface area contributed by atoms with Crippen LogP contribution in [0.15, 0.2) is 60.7 Å². The van der Waals surface area contributed by atoms with Gasteiger partial charge in [0.2, 0.25) is 0 Å². The predicted molar refractivity (Wildman–Crippen MR) is 123 cm³/mol. The van der Waals surface area contributed by atoms with Gasteiger partial charge in [-0.15, -0.1) is 0 Å². The number of benzene rings is 2. The molecule has 2 aliphatic rings. The van der Waals surface area contributed by atoms with Gasteiger partial charge in [0, 0.05) is 5.56 Å². The van der Waals surface area contributed by atoms with E-state index in [2.05, 4.69) is 0 Å². The molecule has 0 saturated carbocycles. The van der Waals surface area contributed by atoms with E-state index < -0.39 is 50.5 Å². The summed E-state index contributed by atoms with van der Waals surface area (Å²) in [4.78, 5) is 13.3. The van der Waals surface area contributed by atoms with Crippen LogP contribution >= 0.6 is 0 Å². The van der Waals surface area contributed by atoms with Crippen molar-refractivity contribution in [3.63, 3.8) is 0 Å². The van der Waals surface area contributed by atoms with Gasteiger partial charge in [0.1, 0.15) is 18.3 Å². The fourth-order valence-electron chi connectivity index (χ4n) is 4.36. The smallest absolute Gasteiger partial charge is 0.431 e. The molecule has 2 aliphatic heterocycles. The average molecular weight is 511 g/mol. The van der Waals surface area contributed by atoms with Gasteiger partial charge in [-0.05, 0) is 25.2 Å². The van der Waals surface area contributed by atoms with Crippen molar-refractivity contribution in [1.29, 1.82) is 0 Å². The topological polar surface area (TPSA) is 63.2 Å². The summed E-state index contributed by atoms with van der Waals surface area (Å²) in [5.74, 6) is -1.52. The molecule has 2 heterocycles. The minimum Gasteiger partial charge on any atom is -0.454 e. The molecule has 0 spiro atoms. The summed E-state index contributed by atoms with van der Waals surface area (Å²) < 4.78 is 72.4. The lowest BCUT2D eigenvalue weighted by Gasteiger charge is -2.39. The molecule has 2 saturated heterocycles. The van der Waals surface area contributed by atoms with Gasteiger partial charge in [-0.1, -0.05) is 60.7 Å². The average Bonchev–Trinajstić information content (AvgIpc) is 3.39. The molecule has 2 aromatic carbocycles. The largest absolute Gasteiger partial charge is 0.454 e. The van der Waals surface area contributed by atoms with E-state index in [1.807, 2.05) is 30.3 Å². The van der Waals surface area contributed by atoms with Gasteiger partial charge in [0.15, 0.2) is 14.4 Å². The second-order valence-electron chi connectivity index (χ2n) is 9.63. The van der Waals surface area contributed by atoms with Crippen molar-refractivity contribution in [3.8, 4) is 0 Å². The van der Waals surface area contributed by atoms with Crippen LogP contribution in [0.5, 0.6) is 0 Å². The second kappa shape index (κ2) is 10.0. The fourth-order valence-corrected chi connectivity index (χ4v) is 5.59. The molecule has 0 aliphatic carbocycles. The number of esters is 1. The molecule has 35 heavy (non-hydrogen) atoms. The van der Waals surface area contributed by atoms with E-state index in [4.69, 9.17) is 23.4 Å². The third-order valence-corrected chi connectivity index (χ3v) is 6.77. The molecule has 2 fully saturated rings. The molecule has 2 aromatic rings. The van der Waals surface area contributed by atoms with E-state index in [0.29, 0.717) is 6.61 Å².